The van der Waals surface area contributed by atoms with Crippen molar-refractivity contribution in [3.63, 3.8) is 0 Å². The predicted octanol–water partition coefficient (Wildman–Crippen LogP) is 0.433. The molecule has 0 aromatic carbocycles. The Morgan fingerprint density at radius 2 is 2.30 bits per heavy atom. The third-order valence-corrected chi connectivity index (χ3v) is 1.40. The summed E-state index contributed by atoms with van der Waals surface area (Å²) in [5.74, 6) is 0.913. The summed E-state index contributed by atoms with van der Waals surface area (Å²) < 4.78 is 1.83. The SMILES string of the molecule is Cc1ncc2ncncn12. The molecule has 0 amide bonds. The number of aromatic nitrogens is 4. The Hall–Kier alpha value is -1.45. The van der Waals surface area contributed by atoms with Crippen molar-refractivity contribution >= 4 is 5.65 Å². The van der Waals surface area contributed by atoms with Crippen LogP contribution in [0.2, 0.25) is 0 Å². The molecule has 0 aliphatic heterocycles. The highest BCUT2D eigenvalue weighted by atomic mass is 15.1. The molecule has 50 valence electrons. The third-order valence-electron chi connectivity index (χ3n) is 1.40. The maximum Gasteiger partial charge on any atom is 0.159 e. The first-order valence-electron chi connectivity index (χ1n) is 2.97. The Morgan fingerprint density at radius 3 is 3.10 bits per heavy atom. The first-order valence-corrected chi connectivity index (χ1v) is 2.97. The standard InChI is InChI=1S/C6H6N4/c1-5-8-2-6-9-3-7-4-10(5)6/h2-4H,1H3. The van der Waals surface area contributed by atoms with Crippen molar-refractivity contribution in [2.24, 2.45) is 0 Å². The van der Waals surface area contributed by atoms with E-state index < -0.39 is 0 Å². The molecular weight excluding hydrogens is 128 g/mol. The Morgan fingerprint density at radius 1 is 1.40 bits per heavy atom. The van der Waals surface area contributed by atoms with Gasteiger partial charge in [0.2, 0.25) is 0 Å². The second-order valence-corrected chi connectivity index (χ2v) is 2.04. The van der Waals surface area contributed by atoms with E-state index in [1.165, 1.54) is 6.33 Å². The van der Waals surface area contributed by atoms with Crippen LogP contribution in [-0.4, -0.2) is 19.4 Å². The maximum absolute atomic E-state index is 4.06. The monoisotopic (exact) mass is 134 g/mol. The van der Waals surface area contributed by atoms with Gasteiger partial charge in [0.1, 0.15) is 18.5 Å². The van der Waals surface area contributed by atoms with Gasteiger partial charge in [-0.2, -0.15) is 0 Å². The number of imidazole rings is 1. The zero-order chi connectivity index (χ0) is 6.97. The minimum atomic E-state index is 0.840. The molecule has 0 saturated carbocycles. The molecule has 0 atom stereocenters. The minimum Gasteiger partial charge on any atom is -0.271 e. The van der Waals surface area contributed by atoms with E-state index in [9.17, 15) is 0 Å². The summed E-state index contributed by atoms with van der Waals surface area (Å²) in [6, 6.07) is 0. The molecule has 0 radical (unpaired) electrons. The topological polar surface area (TPSA) is 43.1 Å². The highest BCUT2D eigenvalue weighted by molar-refractivity contribution is 5.34. The smallest absolute Gasteiger partial charge is 0.159 e. The molecule has 4 nitrogen and oxygen atoms in total. The Bertz CT molecular complexity index is 351. The van der Waals surface area contributed by atoms with Crippen LogP contribution < -0.4 is 0 Å². The van der Waals surface area contributed by atoms with Crippen LogP contribution in [0.5, 0.6) is 0 Å². The van der Waals surface area contributed by atoms with E-state index in [0.717, 1.165) is 11.5 Å². The molecule has 0 bridgehead atoms. The van der Waals surface area contributed by atoms with E-state index in [1.54, 1.807) is 12.5 Å². The molecule has 0 aliphatic rings. The lowest BCUT2D eigenvalue weighted by molar-refractivity contribution is 0.964. The highest BCUT2D eigenvalue weighted by Crippen LogP contribution is 1.98. The van der Waals surface area contributed by atoms with Crippen molar-refractivity contribution in [3.05, 3.63) is 24.7 Å². The second-order valence-electron chi connectivity index (χ2n) is 2.04. The number of hydrogen-bond acceptors (Lipinski definition) is 3. The van der Waals surface area contributed by atoms with Crippen LogP contribution in [0.25, 0.3) is 5.65 Å². The number of rotatable bonds is 0. The van der Waals surface area contributed by atoms with Gasteiger partial charge in [-0.15, -0.1) is 0 Å². The van der Waals surface area contributed by atoms with Gasteiger partial charge in [0, 0.05) is 0 Å². The van der Waals surface area contributed by atoms with Gasteiger partial charge in [-0.05, 0) is 6.92 Å². The molecule has 0 saturated heterocycles. The highest BCUT2D eigenvalue weighted by Gasteiger charge is 1.95. The molecule has 2 heterocycles. The van der Waals surface area contributed by atoms with Crippen molar-refractivity contribution in [1.82, 2.24) is 19.4 Å². The van der Waals surface area contributed by atoms with Crippen LogP contribution >= 0.6 is 0 Å². The van der Waals surface area contributed by atoms with Crippen LogP contribution in [0, 0.1) is 6.92 Å². The maximum atomic E-state index is 4.06. The fourth-order valence-corrected chi connectivity index (χ4v) is 0.869. The largest absolute Gasteiger partial charge is 0.271 e. The Balaban J connectivity index is 2.93. The summed E-state index contributed by atoms with van der Waals surface area (Å²) in [6.07, 6.45) is 4.93. The normalized spacial score (nSPS) is 10.5. The molecule has 0 aliphatic carbocycles. The summed E-state index contributed by atoms with van der Waals surface area (Å²) in [6.45, 7) is 1.91. The molecule has 0 N–H and O–H groups in total. The molecule has 2 aromatic rings. The van der Waals surface area contributed by atoms with Crippen LogP contribution in [0.4, 0.5) is 0 Å². The number of fused-ring (bicyclic) bond motifs is 1. The molecule has 4 heteroatoms. The number of nitrogens with zero attached hydrogens (tertiary/aromatic N) is 4. The lowest BCUT2D eigenvalue weighted by atomic mass is 10.7. The fourth-order valence-electron chi connectivity index (χ4n) is 0.869. The van der Waals surface area contributed by atoms with Crippen LogP contribution in [-0.2, 0) is 0 Å². The van der Waals surface area contributed by atoms with E-state index in [-0.39, 0.29) is 0 Å². The van der Waals surface area contributed by atoms with Crippen molar-refractivity contribution < 1.29 is 0 Å². The van der Waals surface area contributed by atoms with Crippen LogP contribution in [0.15, 0.2) is 18.9 Å². The minimum absolute atomic E-state index is 0.840. The van der Waals surface area contributed by atoms with Gasteiger partial charge >= 0.3 is 0 Å². The summed E-state index contributed by atoms with van der Waals surface area (Å²) in [5.41, 5.74) is 0.840. The van der Waals surface area contributed by atoms with Gasteiger partial charge in [0.15, 0.2) is 5.65 Å². The molecular formula is C6H6N4. The van der Waals surface area contributed by atoms with Gasteiger partial charge < -0.3 is 0 Å². The second kappa shape index (κ2) is 1.76. The van der Waals surface area contributed by atoms with Crippen LogP contribution in [0.1, 0.15) is 5.82 Å². The first-order chi connectivity index (χ1) is 4.88. The van der Waals surface area contributed by atoms with E-state index in [1.807, 2.05) is 11.3 Å². The van der Waals surface area contributed by atoms with Crippen molar-refractivity contribution in [2.45, 2.75) is 6.92 Å². The summed E-state index contributed by atoms with van der Waals surface area (Å²) in [4.78, 5) is 11.9. The van der Waals surface area contributed by atoms with Gasteiger partial charge in [0.05, 0.1) is 6.20 Å². The van der Waals surface area contributed by atoms with E-state index in [2.05, 4.69) is 15.0 Å². The Kier molecular flexibility index (Phi) is 0.943. The van der Waals surface area contributed by atoms with Gasteiger partial charge in [-0.1, -0.05) is 0 Å². The van der Waals surface area contributed by atoms with E-state index in [0.29, 0.717) is 0 Å². The summed E-state index contributed by atoms with van der Waals surface area (Å²) >= 11 is 0. The van der Waals surface area contributed by atoms with Gasteiger partial charge in [-0.3, -0.25) is 4.40 Å². The predicted molar refractivity (Wildman–Crippen MR) is 35.5 cm³/mol. The van der Waals surface area contributed by atoms with Crippen molar-refractivity contribution in [3.8, 4) is 0 Å². The molecule has 0 spiro atoms. The quantitative estimate of drug-likeness (QED) is 0.524. The van der Waals surface area contributed by atoms with Crippen molar-refractivity contribution in [1.29, 1.82) is 0 Å². The lowest BCUT2D eigenvalue weighted by Crippen LogP contribution is -1.90. The molecule has 2 aromatic heterocycles. The third kappa shape index (κ3) is 0.586. The summed E-state index contributed by atoms with van der Waals surface area (Å²) in [5, 5.41) is 0. The van der Waals surface area contributed by atoms with Crippen LogP contribution in [0.3, 0.4) is 0 Å². The van der Waals surface area contributed by atoms with E-state index >= 15 is 0 Å². The zero-order valence-electron chi connectivity index (χ0n) is 5.52. The van der Waals surface area contributed by atoms with Gasteiger partial charge in [-0.25, -0.2) is 15.0 Å². The Labute approximate surface area is 57.6 Å². The van der Waals surface area contributed by atoms with E-state index in [4.69, 9.17) is 0 Å². The lowest BCUT2D eigenvalue weighted by Gasteiger charge is -1.89. The molecule has 0 fully saturated rings. The number of hydrogen-bond donors (Lipinski definition) is 0. The summed E-state index contributed by atoms with van der Waals surface area (Å²) in [7, 11) is 0. The average molecular weight is 134 g/mol. The molecule has 10 heavy (non-hydrogen) atoms. The fraction of sp³-hybridized carbons (Fsp3) is 0.167. The first kappa shape index (κ1) is 5.34. The number of aryl methyl sites for hydroxylation is 1. The van der Waals surface area contributed by atoms with Gasteiger partial charge in [0.25, 0.3) is 0 Å². The molecule has 0 unspecified atom stereocenters. The average Bonchev–Trinajstić information content (AvgIpc) is 2.34. The molecule has 2 rings (SSSR count). The zero-order valence-corrected chi connectivity index (χ0v) is 5.52. The van der Waals surface area contributed by atoms with Crippen molar-refractivity contribution in [2.75, 3.05) is 0 Å².